The lowest BCUT2D eigenvalue weighted by Gasteiger charge is -2.42. The van der Waals surface area contributed by atoms with Gasteiger partial charge < -0.3 is 9.46 Å². The number of hydrogen-bond donors (Lipinski definition) is 0. The van der Waals surface area contributed by atoms with Gasteiger partial charge in [-0.1, -0.05) is 111 Å². The van der Waals surface area contributed by atoms with Gasteiger partial charge in [-0.05, 0) is 58.7 Å². The summed E-state index contributed by atoms with van der Waals surface area (Å²) in [6.45, 7) is 12.5. The van der Waals surface area contributed by atoms with E-state index in [1.807, 2.05) is 78.9 Å². The summed E-state index contributed by atoms with van der Waals surface area (Å²) in [5.41, 5.74) is 7.52. The fourth-order valence-corrected chi connectivity index (χ4v) is 9.01. The molecule has 212 valence electrons. The Morgan fingerprint density at radius 1 is 0.636 bits per heavy atom. The van der Waals surface area contributed by atoms with Crippen LogP contribution in [-0.2, 0) is 9.98 Å². The fourth-order valence-electron chi connectivity index (χ4n) is 6.38. The largest absolute Gasteiger partial charge is 0.311 e. The molecule has 0 spiro atoms. The molecular weight excluding hydrogens is 557 g/mol. The van der Waals surface area contributed by atoms with Gasteiger partial charge in [-0.3, -0.25) is 4.98 Å². The third-order valence-corrected chi connectivity index (χ3v) is 11.6. The average Bonchev–Trinajstić information content (AvgIpc) is 3.09. The Labute approximate surface area is 258 Å². The Hall–Kier alpha value is -5.23. The maximum absolute atomic E-state index is 15.1. The molecule has 0 atom stereocenters. The average molecular weight is 588 g/mol. The SMILES string of the molecule is [C-]#[N+]c1cc(-c2cncc(P(=O)(c3ccccc3)c3ccccc3)c2)cc(N2c3ccccc3C(C)(C)c3ccccc32)c1. The molecule has 6 aromatic rings. The van der Waals surface area contributed by atoms with Crippen LogP contribution in [0, 0.1) is 6.57 Å². The molecule has 5 heteroatoms. The molecule has 5 aromatic carbocycles. The summed E-state index contributed by atoms with van der Waals surface area (Å²) in [6.07, 6.45) is 3.50. The van der Waals surface area contributed by atoms with Gasteiger partial charge in [0.15, 0.2) is 12.8 Å². The molecular formula is C39H30N3OP. The van der Waals surface area contributed by atoms with Gasteiger partial charge in [0.25, 0.3) is 0 Å². The normalized spacial score (nSPS) is 13.4. The maximum atomic E-state index is 15.1. The summed E-state index contributed by atoms with van der Waals surface area (Å²) >= 11 is 0. The molecule has 0 unspecified atom stereocenters. The van der Waals surface area contributed by atoms with Gasteiger partial charge in [-0.25, -0.2) is 4.85 Å². The second-order valence-electron chi connectivity index (χ2n) is 11.6. The number of pyridine rings is 1. The van der Waals surface area contributed by atoms with Crippen LogP contribution in [0.1, 0.15) is 25.0 Å². The first kappa shape index (κ1) is 27.6. The second-order valence-corrected chi connectivity index (χ2v) is 14.3. The van der Waals surface area contributed by atoms with Crippen LogP contribution in [0.25, 0.3) is 16.0 Å². The number of anilines is 3. The van der Waals surface area contributed by atoms with Crippen LogP contribution >= 0.6 is 7.14 Å². The minimum absolute atomic E-state index is 0.182. The van der Waals surface area contributed by atoms with Gasteiger partial charge in [-0.2, -0.15) is 0 Å². The molecule has 0 N–H and O–H groups in total. The Morgan fingerprint density at radius 3 is 1.75 bits per heavy atom. The third kappa shape index (κ3) is 4.45. The molecule has 0 saturated heterocycles. The zero-order valence-corrected chi connectivity index (χ0v) is 25.4. The van der Waals surface area contributed by atoms with Gasteiger partial charge in [0.2, 0.25) is 0 Å². The van der Waals surface area contributed by atoms with E-state index < -0.39 is 7.14 Å². The van der Waals surface area contributed by atoms with Crippen molar-refractivity contribution in [2.24, 2.45) is 0 Å². The standard InChI is InChI=1S/C39H30N3OP/c1-39(2)35-18-10-12-20-37(35)42(38-21-13-11-19-36(38)39)31-23-28(22-30(25-31)40-3)29-24-34(27-41-26-29)44(43,32-14-6-4-7-15-32)33-16-8-5-9-17-33/h4-27H,1-2H3. The van der Waals surface area contributed by atoms with Crippen LogP contribution < -0.4 is 20.8 Å². The van der Waals surface area contributed by atoms with E-state index in [9.17, 15) is 0 Å². The minimum Gasteiger partial charge on any atom is -0.311 e. The predicted molar refractivity (Wildman–Crippen MR) is 182 cm³/mol. The predicted octanol–water partition coefficient (Wildman–Crippen LogP) is 9.05. The summed E-state index contributed by atoms with van der Waals surface area (Å²) in [5.74, 6) is 0. The van der Waals surface area contributed by atoms with Crippen molar-refractivity contribution in [3.05, 3.63) is 168 Å². The van der Waals surface area contributed by atoms with E-state index in [2.05, 4.69) is 83.2 Å². The summed E-state index contributed by atoms with van der Waals surface area (Å²) in [7, 11) is -3.22. The third-order valence-electron chi connectivity index (χ3n) is 8.59. The van der Waals surface area contributed by atoms with Crippen molar-refractivity contribution in [1.29, 1.82) is 0 Å². The first-order chi connectivity index (χ1) is 21.4. The van der Waals surface area contributed by atoms with E-state index in [4.69, 9.17) is 6.57 Å². The summed E-state index contributed by atoms with van der Waals surface area (Å²) in [6, 6.07) is 44.1. The first-order valence-corrected chi connectivity index (χ1v) is 16.3. The molecule has 0 amide bonds. The van der Waals surface area contributed by atoms with Crippen LogP contribution in [0.3, 0.4) is 0 Å². The van der Waals surface area contributed by atoms with Crippen molar-refractivity contribution < 1.29 is 4.57 Å². The molecule has 1 aromatic heterocycles. The number of fused-ring (bicyclic) bond motifs is 2. The number of benzene rings is 5. The fraction of sp³-hybridized carbons (Fsp3) is 0.0769. The van der Waals surface area contributed by atoms with Gasteiger partial charge in [0.05, 0.1) is 17.9 Å². The number of rotatable bonds is 5. The van der Waals surface area contributed by atoms with E-state index >= 15 is 4.57 Å². The molecule has 2 heterocycles. The molecule has 0 radical (unpaired) electrons. The van der Waals surface area contributed by atoms with Crippen LogP contribution in [0.15, 0.2) is 146 Å². The van der Waals surface area contributed by atoms with Crippen molar-refractivity contribution in [2.45, 2.75) is 19.3 Å². The molecule has 1 aliphatic rings. The van der Waals surface area contributed by atoms with Crippen molar-refractivity contribution in [3.8, 4) is 11.1 Å². The monoisotopic (exact) mass is 587 g/mol. The van der Waals surface area contributed by atoms with Crippen molar-refractivity contribution in [3.63, 3.8) is 0 Å². The van der Waals surface area contributed by atoms with Crippen LogP contribution in [0.2, 0.25) is 0 Å². The van der Waals surface area contributed by atoms with Crippen LogP contribution in [-0.4, -0.2) is 4.98 Å². The Bertz CT molecular complexity index is 2010. The van der Waals surface area contributed by atoms with Gasteiger partial charge in [-0.15, -0.1) is 0 Å². The van der Waals surface area contributed by atoms with E-state index in [-0.39, 0.29) is 5.41 Å². The number of nitrogens with zero attached hydrogens (tertiary/aromatic N) is 3. The smallest absolute Gasteiger partial charge is 0.189 e. The van der Waals surface area contributed by atoms with Gasteiger partial charge >= 0.3 is 0 Å². The highest BCUT2D eigenvalue weighted by atomic mass is 31.2. The van der Waals surface area contributed by atoms with Gasteiger partial charge in [0.1, 0.15) is 0 Å². The molecule has 0 fully saturated rings. The minimum atomic E-state index is -3.22. The van der Waals surface area contributed by atoms with Gasteiger partial charge in [0, 0.05) is 39.4 Å². The quantitative estimate of drug-likeness (QED) is 0.149. The lowest BCUT2D eigenvalue weighted by atomic mass is 9.73. The highest BCUT2D eigenvalue weighted by Crippen LogP contribution is 2.52. The Balaban J connectivity index is 1.41. The van der Waals surface area contributed by atoms with Crippen LogP contribution in [0.5, 0.6) is 0 Å². The lowest BCUT2D eigenvalue weighted by molar-refractivity contribution is 0.592. The van der Waals surface area contributed by atoms with E-state index in [0.717, 1.165) is 38.8 Å². The Morgan fingerprint density at radius 2 is 1.18 bits per heavy atom. The van der Waals surface area contributed by atoms with E-state index in [1.54, 1.807) is 12.4 Å². The maximum Gasteiger partial charge on any atom is 0.189 e. The summed E-state index contributed by atoms with van der Waals surface area (Å²) in [5, 5.41) is 2.16. The van der Waals surface area contributed by atoms with Crippen molar-refractivity contribution >= 4 is 45.8 Å². The molecule has 1 aliphatic heterocycles. The summed E-state index contributed by atoms with van der Waals surface area (Å²) < 4.78 is 15.1. The molecule has 44 heavy (non-hydrogen) atoms. The lowest BCUT2D eigenvalue weighted by Crippen LogP contribution is -2.30. The molecule has 0 aliphatic carbocycles. The highest BCUT2D eigenvalue weighted by Gasteiger charge is 2.36. The molecule has 7 rings (SSSR count). The van der Waals surface area contributed by atoms with Crippen LogP contribution in [0.4, 0.5) is 22.7 Å². The topological polar surface area (TPSA) is 37.6 Å². The first-order valence-electron chi connectivity index (χ1n) is 14.6. The number of aromatic nitrogens is 1. The Kier molecular flexibility index (Phi) is 6.77. The summed E-state index contributed by atoms with van der Waals surface area (Å²) in [4.78, 5) is 10.7. The van der Waals surface area contributed by atoms with Crippen molar-refractivity contribution in [2.75, 3.05) is 4.90 Å². The zero-order chi connectivity index (χ0) is 30.3. The molecule has 0 saturated carbocycles. The zero-order valence-electron chi connectivity index (χ0n) is 24.6. The highest BCUT2D eigenvalue weighted by molar-refractivity contribution is 7.85. The van der Waals surface area contributed by atoms with Crippen molar-refractivity contribution in [1.82, 2.24) is 4.98 Å². The van der Waals surface area contributed by atoms with E-state index in [0.29, 0.717) is 11.0 Å². The number of para-hydroxylation sites is 2. The molecule has 0 bridgehead atoms. The molecule has 4 nitrogen and oxygen atoms in total. The second kappa shape index (κ2) is 10.8. The number of hydrogen-bond acceptors (Lipinski definition) is 3. The van der Waals surface area contributed by atoms with E-state index in [1.165, 1.54) is 11.1 Å².